The molecule has 0 saturated heterocycles. The number of fused-ring (bicyclic) bond motifs is 1. The van der Waals surface area contributed by atoms with Crippen LogP contribution in [0.1, 0.15) is 5.56 Å². The van der Waals surface area contributed by atoms with E-state index in [1.807, 2.05) is 24.4 Å². The first kappa shape index (κ1) is 13.6. The zero-order chi connectivity index (χ0) is 14.8. The fraction of sp³-hybridized carbons (Fsp3) is 0.0667. The van der Waals surface area contributed by atoms with Crippen molar-refractivity contribution in [1.82, 2.24) is 4.98 Å². The van der Waals surface area contributed by atoms with Crippen molar-refractivity contribution in [1.29, 1.82) is 0 Å². The summed E-state index contributed by atoms with van der Waals surface area (Å²) in [5.41, 5.74) is 2.72. The van der Waals surface area contributed by atoms with E-state index in [1.165, 1.54) is 6.07 Å². The number of nitro benzene ring substituents is 1. The van der Waals surface area contributed by atoms with Gasteiger partial charge in [-0.25, -0.2) is 0 Å². The highest BCUT2D eigenvalue weighted by Crippen LogP contribution is 2.28. The van der Waals surface area contributed by atoms with E-state index < -0.39 is 0 Å². The molecule has 2 aromatic carbocycles. The van der Waals surface area contributed by atoms with E-state index >= 15 is 0 Å². The normalized spacial score (nSPS) is 10.7. The number of aromatic nitrogens is 1. The summed E-state index contributed by atoms with van der Waals surface area (Å²) < 4.78 is 0.688. The molecular formula is C15H12BrN3O2. The molecule has 2 N–H and O–H groups in total. The van der Waals surface area contributed by atoms with Gasteiger partial charge >= 0.3 is 0 Å². The number of hydrogen-bond acceptors (Lipinski definition) is 3. The minimum atomic E-state index is -0.386. The molecule has 0 atom stereocenters. The van der Waals surface area contributed by atoms with Crippen LogP contribution >= 0.6 is 15.9 Å². The van der Waals surface area contributed by atoms with E-state index in [9.17, 15) is 10.1 Å². The van der Waals surface area contributed by atoms with Crippen LogP contribution in [0.15, 0.2) is 53.1 Å². The minimum absolute atomic E-state index is 0.0621. The van der Waals surface area contributed by atoms with Gasteiger partial charge in [0.2, 0.25) is 0 Å². The number of aromatic amines is 1. The molecule has 0 amide bonds. The van der Waals surface area contributed by atoms with Gasteiger partial charge in [0.1, 0.15) is 5.69 Å². The number of hydrogen-bond donors (Lipinski definition) is 2. The van der Waals surface area contributed by atoms with Gasteiger partial charge < -0.3 is 10.3 Å². The number of nitrogens with zero attached hydrogens (tertiary/aromatic N) is 1. The van der Waals surface area contributed by atoms with E-state index in [2.05, 4.69) is 32.3 Å². The predicted octanol–water partition coefficient (Wildman–Crippen LogP) is 4.45. The highest BCUT2D eigenvalue weighted by Gasteiger charge is 2.13. The number of nitrogens with one attached hydrogen (secondary N) is 2. The van der Waals surface area contributed by atoms with Crippen molar-refractivity contribution < 1.29 is 4.92 Å². The lowest BCUT2D eigenvalue weighted by molar-refractivity contribution is -0.384. The largest absolute Gasteiger partial charge is 0.375 e. The number of H-pyrrole nitrogens is 1. The van der Waals surface area contributed by atoms with Gasteiger partial charge in [0.25, 0.3) is 5.69 Å². The molecule has 0 spiro atoms. The fourth-order valence-corrected chi connectivity index (χ4v) is 2.56. The zero-order valence-electron chi connectivity index (χ0n) is 11.0. The number of anilines is 1. The average molecular weight is 346 g/mol. The second-order valence-electron chi connectivity index (χ2n) is 4.67. The molecule has 0 saturated carbocycles. The van der Waals surface area contributed by atoms with E-state index in [-0.39, 0.29) is 10.6 Å². The number of halogens is 1. The maximum Gasteiger partial charge on any atom is 0.293 e. The number of benzene rings is 2. The highest BCUT2D eigenvalue weighted by atomic mass is 79.9. The predicted molar refractivity (Wildman–Crippen MR) is 86.4 cm³/mol. The first-order valence-corrected chi connectivity index (χ1v) is 7.16. The summed E-state index contributed by atoms with van der Waals surface area (Å²) in [5, 5.41) is 15.3. The maximum absolute atomic E-state index is 11.1. The third-order valence-electron chi connectivity index (χ3n) is 3.26. The van der Waals surface area contributed by atoms with E-state index in [0.29, 0.717) is 16.7 Å². The Balaban J connectivity index is 1.82. The number of nitro groups is 1. The average Bonchev–Trinajstić information content (AvgIpc) is 2.93. The molecule has 0 fully saturated rings. The van der Waals surface area contributed by atoms with Crippen LogP contribution in [0, 0.1) is 10.1 Å². The summed E-state index contributed by atoms with van der Waals surface area (Å²) in [6, 6.07) is 13.0. The van der Waals surface area contributed by atoms with Crippen molar-refractivity contribution in [2.75, 3.05) is 5.32 Å². The van der Waals surface area contributed by atoms with E-state index in [1.54, 1.807) is 12.1 Å². The van der Waals surface area contributed by atoms with Gasteiger partial charge in [-0.3, -0.25) is 10.1 Å². The molecule has 0 aliphatic heterocycles. The molecular weight excluding hydrogens is 334 g/mol. The first-order valence-electron chi connectivity index (χ1n) is 6.37. The lowest BCUT2D eigenvalue weighted by atomic mass is 10.1. The molecule has 0 bridgehead atoms. The zero-order valence-corrected chi connectivity index (χ0v) is 12.6. The minimum Gasteiger partial charge on any atom is -0.375 e. The summed E-state index contributed by atoms with van der Waals surface area (Å²) in [4.78, 5) is 13.8. The van der Waals surface area contributed by atoms with Crippen molar-refractivity contribution in [3.05, 3.63) is 68.8 Å². The van der Waals surface area contributed by atoms with Gasteiger partial charge in [-0.05, 0) is 41.3 Å². The summed E-state index contributed by atoms with van der Waals surface area (Å²) in [6.45, 7) is 0.531. The van der Waals surface area contributed by atoms with Crippen LogP contribution in [-0.2, 0) is 6.54 Å². The molecule has 3 aromatic rings. The van der Waals surface area contributed by atoms with Crippen LogP contribution < -0.4 is 5.32 Å². The summed E-state index contributed by atoms with van der Waals surface area (Å²) in [5.74, 6) is 0. The Bertz CT molecular complexity index is 814. The van der Waals surface area contributed by atoms with Gasteiger partial charge in [-0.2, -0.15) is 0 Å². The quantitative estimate of drug-likeness (QED) is 0.542. The van der Waals surface area contributed by atoms with Crippen LogP contribution in [0.5, 0.6) is 0 Å². The smallest absolute Gasteiger partial charge is 0.293 e. The van der Waals surface area contributed by atoms with E-state index in [0.717, 1.165) is 16.5 Å². The van der Waals surface area contributed by atoms with Crippen molar-refractivity contribution in [3.63, 3.8) is 0 Å². The number of rotatable bonds is 4. The monoisotopic (exact) mass is 345 g/mol. The second-order valence-corrected chi connectivity index (χ2v) is 5.59. The summed E-state index contributed by atoms with van der Waals surface area (Å²) in [6.07, 6.45) is 1.89. The lowest BCUT2D eigenvalue weighted by Gasteiger charge is -2.08. The van der Waals surface area contributed by atoms with Crippen molar-refractivity contribution in [3.8, 4) is 0 Å². The molecule has 5 nitrogen and oxygen atoms in total. The molecule has 0 aliphatic carbocycles. The van der Waals surface area contributed by atoms with Crippen LogP contribution in [0.3, 0.4) is 0 Å². The second kappa shape index (κ2) is 5.57. The standard InChI is InChI=1S/C15H12BrN3O2/c16-12-2-4-14(15(8-12)19(20)21)18-9-10-1-3-13-11(7-10)5-6-17-13/h1-8,17-18H,9H2. The van der Waals surface area contributed by atoms with E-state index in [4.69, 9.17) is 0 Å². The Kier molecular flexibility index (Phi) is 3.62. The summed E-state index contributed by atoms with van der Waals surface area (Å²) >= 11 is 3.25. The van der Waals surface area contributed by atoms with Crippen LogP contribution in [0.25, 0.3) is 10.9 Å². The lowest BCUT2D eigenvalue weighted by Crippen LogP contribution is -2.02. The molecule has 0 radical (unpaired) electrons. The van der Waals surface area contributed by atoms with Crippen molar-refractivity contribution >= 4 is 38.2 Å². The Hall–Kier alpha value is -2.34. The third kappa shape index (κ3) is 2.90. The van der Waals surface area contributed by atoms with Gasteiger partial charge in [-0.15, -0.1) is 0 Å². The Morgan fingerprint density at radius 1 is 1.19 bits per heavy atom. The molecule has 6 heteroatoms. The summed E-state index contributed by atoms with van der Waals surface area (Å²) in [7, 11) is 0. The Morgan fingerprint density at radius 3 is 2.86 bits per heavy atom. The Labute approximate surface area is 129 Å². The molecule has 106 valence electrons. The van der Waals surface area contributed by atoms with Crippen molar-refractivity contribution in [2.24, 2.45) is 0 Å². The van der Waals surface area contributed by atoms with Crippen LogP contribution in [0.2, 0.25) is 0 Å². The molecule has 21 heavy (non-hydrogen) atoms. The Morgan fingerprint density at radius 2 is 2.05 bits per heavy atom. The molecule has 0 aliphatic rings. The van der Waals surface area contributed by atoms with Gasteiger partial charge in [-0.1, -0.05) is 22.0 Å². The highest BCUT2D eigenvalue weighted by molar-refractivity contribution is 9.10. The fourth-order valence-electron chi connectivity index (χ4n) is 2.22. The first-order chi connectivity index (χ1) is 10.1. The van der Waals surface area contributed by atoms with Gasteiger partial charge in [0.15, 0.2) is 0 Å². The van der Waals surface area contributed by atoms with Crippen molar-refractivity contribution in [2.45, 2.75) is 6.54 Å². The molecule has 0 unspecified atom stereocenters. The topological polar surface area (TPSA) is 71.0 Å². The molecule has 3 rings (SSSR count). The maximum atomic E-state index is 11.1. The SMILES string of the molecule is O=[N+]([O-])c1cc(Br)ccc1NCc1ccc2[nH]ccc2c1. The van der Waals surface area contributed by atoms with Gasteiger partial charge in [0, 0.05) is 28.8 Å². The van der Waals surface area contributed by atoms with Crippen LogP contribution in [-0.4, -0.2) is 9.91 Å². The van der Waals surface area contributed by atoms with Crippen LogP contribution in [0.4, 0.5) is 11.4 Å². The molecule has 1 heterocycles. The van der Waals surface area contributed by atoms with Gasteiger partial charge in [0.05, 0.1) is 4.92 Å². The third-order valence-corrected chi connectivity index (χ3v) is 3.75. The molecule has 1 aromatic heterocycles.